The van der Waals surface area contributed by atoms with Crippen molar-refractivity contribution in [1.82, 2.24) is 9.99 Å². The quantitative estimate of drug-likeness (QED) is 0.219. The van der Waals surface area contributed by atoms with E-state index in [1.807, 2.05) is 65.1 Å². The Labute approximate surface area is 261 Å². The second-order valence-corrected chi connectivity index (χ2v) is 11.1. The third kappa shape index (κ3) is 7.95. The maximum Gasteiger partial charge on any atom is 0.172 e. The van der Waals surface area contributed by atoms with Crippen LogP contribution in [0.15, 0.2) is 76.5 Å². The number of hydrazone groups is 1. The topological polar surface area (TPSA) is 74.6 Å². The molecule has 0 bridgehead atoms. The number of ether oxygens (including phenoxy) is 2. The summed E-state index contributed by atoms with van der Waals surface area (Å²) in [5.41, 5.74) is 3.45. The van der Waals surface area contributed by atoms with Gasteiger partial charge in [-0.1, -0.05) is 39.3 Å². The number of fused-ring (bicyclic) bond motifs is 1. The first-order valence-electron chi connectivity index (χ1n) is 15.5. The van der Waals surface area contributed by atoms with Crippen LogP contribution in [0.25, 0.3) is 0 Å². The number of aliphatic imine (C=N–C) groups is 1. The van der Waals surface area contributed by atoms with Crippen LogP contribution in [0.5, 0.6) is 11.5 Å². The van der Waals surface area contributed by atoms with E-state index in [4.69, 9.17) is 19.5 Å². The van der Waals surface area contributed by atoms with E-state index in [9.17, 15) is 0 Å². The summed E-state index contributed by atoms with van der Waals surface area (Å²) in [6.07, 6.45) is 15.8. The van der Waals surface area contributed by atoms with Gasteiger partial charge in [0.05, 0.1) is 18.0 Å². The number of aryl methyl sites for hydroxylation is 2. The lowest BCUT2D eigenvalue weighted by Crippen LogP contribution is -2.30. The number of amidine groups is 1. The van der Waals surface area contributed by atoms with Crippen LogP contribution >= 0.6 is 0 Å². The van der Waals surface area contributed by atoms with Crippen molar-refractivity contribution >= 4 is 23.6 Å². The Balaban J connectivity index is 1.66. The molecule has 1 N–H and O–H groups in total. The number of benzene rings is 1. The number of anilines is 2. The first kappa shape index (κ1) is 32.5. The lowest BCUT2D eigenvalue weighted by atomic mass is 10.1. The Kier molecular flexibility index (Phi) is 11.4. The molecule has 4 rings (SSSR count). The fourth-order valence-electron chi connectivity index (χ4n) is 4.95. The van der Waals surface area contributed by atoms with Crippen molar-refractivity contribution in [2.24, 2.45) is 16.0 Å². The van der Waals surface area contributed by atoms with E-state index in [0.717, 1.165) is 60.7 Å². The Bertz CT molecular complexity index is 1510. The minimum absolute atomic E-state index is 0.285. The zero-order chi connectivity index (χ0) is 31.6. The fourth-order valence-corrected chi connectivity index (χ4v) is 4.95. The lowest BCUT2D eigenvalue weighted by Gasteiger charge is -2.25. The predicted octanol–water partition coefficient (Wildman–Crippen LogP) is 8.26. The first-order valence-corrected chi connectivity index (χ1v) is 15.5. The van der Waals surface area contributed by atoms with E-state index in [2.05, 4.69) is 29.2 Å². The number of aromatic nitrogens is 1. The normalized spacial score (nSPS) is 18.1. The Morgan fingerprint density at radius 1 is 1.20 bits per heavy atom. The number of allylic oxidation sites excluding steroid dienone is 4. The van der Waals surface area contributed by atoms with Crippen molar-refractivity contribution in [3.8, 4) is 11.5 Å². The summed E-state index contributed by atoms with van der Waals surface area (Å²) in [4.78, 5) is 12.1. The van der Waals surface area contributed by atoms with Gasteiger partial charge in [0.1, 0.15) is 23.0 Å². The lowest BCUT2D eigenvalue weighted by molar-refractivity contribution is 0.273. The Hall–Kier alpha value is -4.40. The van der Waals surface area contributed by atoms with Gasteiger partial charge in [-0.3, -0.25) is 0 Å². The van der Waals surface area contributed by atoms with Crippen LogP contribution in [0, 0.1) is 25.6 Å². The van der Waals surface area contributed by atoms with Crippen LogP contribution in [0.1, 0.15) is 70.7 Å². The van der Waals surface area contributed by atoms with Crippen LogP contribution in [0.4, 0.5) is 15.9 Å². The largest absolute Gasteiger partial charge is 0.489 e. The molecule has 0 fully saturated rings. The van der Waals surface area contributed by atoms with Gasteiger partial charge in [-0.15, -0.1) is 0 Å². The molecular formula is C35H45FN6O2. The molecular weight excluding hydrogens is 555 g/mol. The number of nitrogens with one attached hydrogen (secondary N) is 1. The summed E-state index contributed by atoms with van der Waals surface area (Å²) in [5, 5.41) is 9.30. The molecule has 0 saturated heterocycles. The zero-order valence-electron chi connectivity index (χ0n) is 27.0. The maximum atomic E-state index is 15.7. The summed E-state index contributed by atoms with van der Waals surface area (Å²) in [6, 6.07) is 5.15. The number of halogens is 1. The molecule has 1 aromatic heterocycles. The van der Waals surface area contributed by atoms with E-state index in [0.29, 0.717) is 35.6 Å². The van der Waals surface area contributed by atoms with Crippen LogP contribution in [0.2, 0.25) is 0 Å². The molecule has 3 heterocycles. The molecule has 2 aromatic rings. The molecule has 1 atom stereocenters. The van der Waals surface area contributed by atoms with Gasteiger partial charge < -0.3 is 19.7 Å². The summed E-state index contributed by atoms with van der Waals surface area (Å²) < 4.78 is 28.0. The highest BCUT2D eigenvalue weighted by Crippen LogP contribution is 2.34. The van der Waals surface area contributed by atoms with Gasteiger partial charge in [-0.2, -0.15) is 5.10 Å². The Morgan fingerprint density at radius 3 is 2.75 bits per heavy atom. The second-order valence-electron chi connectivity index (χ2n) is 11.1. The highest BCUT2D eigenvalue weighted by atomic mass is 19.1. The number of hydrogen-bond acceptors (Lipinski definition) is 7. The number of hydrogen-bond donors (Lipinski definition) is 1. The molecule has 234 valence electrons. The predicted molar refractivity (Wildman–Crippen MR) is 179 cm³/mol. The van der Waals surface area contributed by atoms with Gasteiger partial charge in [-0.25, -0.2) is 19.4 Å². The van der Waals surface area contributed by atoms with Crippen molar-refractivity contribution in [2.45, 2.75) is 67.7 Å². The van der Waals surface area contributed by atoms with Gasteiger partial charge in [0.2, 0.25) is 0 Å². The molecule has 0 saturated carbocycles. The minimum Gasteiger partial charge on any atom is -0.489 e. The molecule has 0 radical (unpaired) electrons. The Morgan fingerprint density at radius 2 is 2.02 bits per heavy atom. The van der Waals surface area contributed by atoms with E-state index in [1.165, 1.54) is 6.07 Å². The summed E-state index contributed by atoms with van der Waals surface area (Å²) in [7, 11) is 0. The van der Waals surface area contributed by atoms with Gasteiger partial charge in [0.25, 0.3) is 0 Å². The molecule has 1 aromatic carbocycles. The van der Waals surface area contributed by atoms with Crippen molar-refractivity contribution in [3.05, 3.63) is 89.0 Å². The van der Waals surface area contributed by atoms with Crippen molar-refractivity contribution in [2.75, 3.05) is 29.9 Å². The smallest absolute Gasteiger partial charge is 0.172 e. The second kappa shape index (κ2) is 15.4. The van der Waals surface area contributed by atoms with Crippen LogP contribution in [0.3, 0.4) is 0 Å². The SMILES string of the molecule is C/C=N\N1C=CC(Oc2cc(F)c(N/C(=N/C=C/CC)c3nc4c(cc3C)OCC(C)CN4CCCC)cc2C)=C/C1=C\C. The van der Waals surface area contributed by atoms with E-state index in [-0.39, 0.29) is 5.69 Å². The van der Waals surface area contributed by atoms with Gasteiger partial charge >= 0.3 is 0 Å². The minimum atomic E-state index is -0.462. The van der Waals surface area contributed by atoms with E-state index in [1.54, 1.807) is 29.6 Å². The third-order valence-corrected chi connectivity index (χ3v) is 7.28. The monoisotopic (exact) mass is 600 g/mol. The summed E-state index contributed by atoms with van der Waals surface area (Å²) >= 11 is 0. The maximum absolute atomic E-state index is 15.7. The van der Waals surface area contributed by atoms with Crippen LogP contribution in [-0.2, 0) is 0 Å². The molecule has 1 unspecified atom stereocenters. The molecule has 0 aliphatic carbocycles. The van der Waals surface area contributed by atoms with Gasteiger partial charge in [0, 0.05) is 49.8 Å². The van der Waals surface area contributed by atoms with Gasteiger partial charge in [-0.05, 0) is 69.9 Å². The summed E-state index contributed by atoms with van der Waals surface area (Å²) in [6.45, 7) is 16.5. The standard InChI is InChI=1S/C35H45FN6O2/c1-8-12-15-37-34(33-26(7)19-32-35(40-33)41(16-13-9-2)22-24(5)23-43-32)39-30-18-25(6)31(21-29(30)36)44-28-14-17-42(38-11-4)27(10-3)20-28/h10-12,14-15,17-21,24H,8-9,13,16,22-23H2,1-7H3,(H,37,39)/b15-12+,27-10+,38-11-. The third-order valence-electron chi connectivity index (χ3n) is 7.28. The number of unbranched alkanes of at least 4 members (excludes halogenated alkanes) is 1. The van der Waals surface area contributed by atoms with Crippen molar-refractivity contribution < 1.29 is 13.9 Å². The molecule has 0 amide bonds. The van der Waals surface area contributed by atoms with Gasteiger partial charge in [0.15, 0.2) is 17.4 Å². The molecule has 2 aliphatic rings. The first-order chi connectivity index (χ1) is 21.3. The number of rotatable bonds is 10. The highest BCUT2D eigenvalue weighted by molar-refractivity contribution is 6.08. The summed E-state index contributed by atoms with van der Waals surface area (Å²) in [5.74, 6) is 2.95. The average molecular weight is 601 g/mol. The van der Waals surface area contributed by atoms with Crippen LogP contribution in [-0.4, -0.2) is 41.7 Å². The van der Waals surface area contributed by atoms with E-state index < -0.39 is 5.82 Å². The molecule has 8 nitrogen and oxygen atoms in total. The molecule has 9 heteroatoms. The fraction of sp³-hybridized carbons (Fsp3) is 0.400. The molecule has 44 heavy (non-hydrogen) atoms. The van der Waals surface area contributed by atoms with E-state index >= 15 is 4.39 Å². The number of nitrogens with zero attached hydrogens (tertiary/aromatic N) is 5. The highest BCUT2D eigenvalue weighted by Gasteiger charge is 2.25. The van der Waals surface area contributed by atoms with Crippen molar-refractivity contribution in [3.63, 3.8) is 0 Å². The van der Waals surface area contributed by atoms with Crippen molar-refractivity contribution in [1.29, 1.82) is 0 Å². The molecule has 2 aliphatic heterocycles. The average Bonchev–Trinajstić information content (AvgIpc) is 3.16. The molecule has 0 spiro atoms. The zero-order valence-corrected chi connectivity index (χ0v) is 27.0. The van der Waals surface area contributed by atoms with Crippen LogP contribution < -0.4 is 19.7 Å². The number of pyridine rings is 1.